The molecule has 2 aliphatic carbocycles. The van der Waals surface area contributed by atoms with E-state index in [0.29, 0.717) is 6.42 Å². The van der Waals surface area contributed by atoms with Crippen molar-refractivity contribution in [1.82, 2.24) is 0 Å². The lowest BCUT2D eigenvalue weighted by Gasteiger charge is -2.48. The van der Waals surface area contributed by atoms with Crippen LogP contribution in [0, 0.1) is 11.3 Å². The minimum Gasteiger partial charge on any atom is -0.508 e. The molecule has 0 spiro atoms. The Morgan fingerprint density at radius 3 is 2.69 bits per heavy atom. The van der Waals surface area contributed by atoms with Gasteiger partial charge in [-0.15, -0.1) is 0 Å². The van der Waals surface area contributed by atoms with Crippen LogP contribution in [0.5, 0.6) is 5.75 Å². The summed E-state index contributed by atoms with van der Waals surface area (Å²) in [5.41, 5.74) is -0.742. The fraction of sp³-hybridized carbons (Fsp3) is 0.476. The number of phenols is 1. The molecule has 1 saturated carbocycles. The van der Waals surface area contributed by atoms with E-state index < -0.39 is 29.5 Å². The second-order valence-electron chi connectivity index (χ2n) is 8.15. The van der Waals surface area contributed by atoms with Crippen molar-refractivity contribution in [1.29, 1.82) is 0 Å². The molecule has 5 nitrogen and oxygen atoms in total. The van der Waals surface area contributed by atoms with Crippen molar-refractivity contribution in [2.75, 3.05) is 6.61 Å². The number of aliphatic hydroxyl groups excluding tert-OH is 2. The molecule has 2 aliphatic rings. The van der Waals surface area contributed by atoms with Crippen molar-refractivity contribution in [3.05, 3.63) is 41.5 Å². The van der Waals surface area contributed by atoms with Gasteiger partial charge in [-0.2, -0.15) is 0 Å². The summed E-state index contributed by atoms with van der Waals surface area (Å²) in [4.78, 5) is 12.5. The SMILES string of the molecule is C[C@H]1C[C@H]2c3ccc4cc(O)ccc4c3[C@@H](O)C[C@]2(C)[C@@]1(O)C(=O)CO. The number of rotatable bonds is 2. The van der Waals surface area contributed by atoms with E-state index in [2.05, 4.69) is 0 Å². The van der Waals surface area contributed by atoms with Gasteiger partial charge in [0.25, 0.3) is 0 Å². The second kappa shape index (κ2) is 5.52. The number of fused-ring (bicyclic) bond motifs is 5. The summed E-state index contributed by atoms with van der Waals surface area (Å²) in [7, 11) is 0. The predicted octanol–water partition coefficient (Wildman–Crippen LogP) is 2.40. The number of Topliss-reactive ketones (excluding diaryl/α,β-unsaturated/α-hetero) is 1. The molecule has 5 heteroatoms. The molecule has 0 saturated heterocycles. The molecule has 0 amide bonds. The van der Waals surface area contributed by atoms with E-state index in [-0.39, 0.29) is 24.0 Å². The average molecular weight is 356 g/mol. The number of carbonyl (C=O) groups excluding carboxylic acids is 1. The van der Waals surface area contributed by atoms with Gasteiger partial charge in [0.15, 0.2) is 5.78 Å². The highest BCUT2D eigenvalue weighted by Crippen LogP contribution is 2.65. The minimum atomic E-state index is -1.66. The van der Waals surface area contributed by atoms with Crippen LogP contribution in [0.1, 0.15) is 49.8 Å². The van der Waals surface area contributed by atoms with Gasteiger partial charge in [-0.3, -0.25) is 4.79 Å². The number of carbonyl (C=O) groups is 1. The zero-order valence-electron chi connectivity index (χ0n) is 14.9. The lowest BCUT2D eigenvalue weighted by Crippen LogP contribution is -2.56. The zero-order chi connectivity index (χ0) is 18.9. The van der Waals surface area contributed by atoms with E-state index in [1.54, 1.807) is 18.2 Å². The average Bonchev–Trinajstić information content (AvgIpc) is 2.81. The Bertz CT molecular complexity index is 907. The molecule has 2 aromatic rings. The third-order valence-corrected chi connectivity index (χ3v) is 6.92. The van der Waals surface area contributed by atoms with Gasteiger partial charge in [0, 0.05) is 5.41 Å². The number of benzene rings is 2. The molecular formula is C21H24O5. The van der Waals surface area contributed by atoms with Gasteiger partial charge in [-0.05, 0) is 58.7 Å². The Hall–Kier alpha value is -1.95. The molecule has 0 bridgehead atoms. The van der Waals surface area contributed by atoms with Gasteiger partial charge in [-0.1, -0.05) is 32.0 Å². The molecule has 0 aromatic heterocycles. The van der Waals surface area contributed by atoms with Gasteiger partial charge in [0.05, 0.1) is 6.10 Å². The molecule has 0 heterocycles. The van der Waals surface area contributed by atoms with Crippen LogP contribution in [0.3, 0.4) is 0 Å². The van der Waals surface area contributed by atoms with Crippen molar-refractivity contribution in [3.8, 4) is 5.75 Å². The standard InChI is InChI=1S/C21H24O5/c1-11-7-16-15-5-3-12-8-13(23)4-6-14(12)19(15)17(24)9-20(16,2)21(11,26)18(25)10-22/h3-6,8,11,16-17,22-24,26H,7,9-10H2,1-2H3/t11-,16-,17-,20-,21-/m0/s1. The molecule has 0 unspecified atom stereocenters. The number of ketones is 1. The number of hydrogen-bond donors (Lipinski definition) is 4. The lowest BCUT2D eigenvalue weighted by molar-refractivity contribution is -0.162. The highest BCUT2D eigenvalue weighted by molar-refractivity contribution is 5.92. The Balaban J connectivity index is 1.94. The maximum Gasteiger partial charge on any atom is 0.190 e. The summed E-state index contributed by atoms with van der Waals surface area (Å²) >= 11 is 0. The molecule has 0 aliphatic heterocycles. The maximum atomic E-state index is 12.5. The van der Waals surface area contributed by atoms with Crippen LogP contribution in [-0.2, 0) is 4.79 Å². The monoisotopic (exact) mass is 356 g/mol. The van der Waals surface area contributed by atoms with E-state index >= 15 is 0 Å². The summed E-state index contributed by atoms with van der Waals surface area (Å²) in [5, 5.41) is 43.2. The topological polar surface area (TPSA) is 98.0 Å². The zero-order valence-corrected chi connectivity index (χ0v) is 14.9. The highest BCUT2D eigenvalue weighted by atomic mass is 16.3. The lowest BCUT2D eigenvalue weighted by atomic mass is 9.59. The third-order valence-electron chi connectivity index (χ3n) is 6.92. The Kier molecular flexibility index (Phi) is 3.71. The fourth-order valence-electron chi connectivity index (χ4n) is 5.63. The Morgan fingerprint density at radius 2 is 2.00 bits per heavy atom. The number of phenolic OH excluding ortho intramolecular Hbond substituents is 1. The Labute approximate surface area is 151 Å². The first-order valence-electron chi connectivity index (χ1n) is 9.04. The van der Waals surface area contributed by atoms with Crippen LogP contribution in [0.25, 0.3) is 10.8 Å². The summed E-state index contributed by atoms with van der Waals surface area (Å²) in [6, 6.07) is 8.91. The van der Waals surface area contributed by atoms with E-state index in [1.165, 1.54) is 0 Å². The largest absolute Gasteiger partial charge is 0.508 e. The Morgan fingerprint density at radius 1 is 1.27 bits per heavy atom. The van der Waals surface area contributed by atoms with Crippen molar-refractivity contribution in [2.24, 2.45) is 11.3 Å². The van der Waals surface area contributed by atoms with Gasteiger partial charge in [-0.25, -0.2) is 0 Å². The van der Waals surface area contributed by atoms with Crippen molar-refractivity contribution in [3.63, 3.8) is 0 Å². The number of hydrogen-bond acceptors (Lipinski definition) is 5. The molecule has 4 rings (SSSR count). The van der Waals surface area contributed by atoms with Gasteiger partial charge < -0.3 is 20.4 Å². The van der Waals surface area contributed by atoms with Gasteiger partial charge in [0.2, 0.25) is 0 Å². The minimum absolute atomic E-state index is 0.0883. The smallest absolute Gasteiger partial charge is 0.190 e. The van der Waals surface area contributed by atoms with Crippen LogP contribution in [0.2, 0.25) is 0 Å². The first-order chi connectivity index (χ1) is 12.2. The van der Waals surface area contributed by atoms with Crippen LogP contribution >= 0.6 is 0 Å². The molecule has 2 aromatic carbocycles. The van der Waals surface area contributed by atoms with Crippen molar-refractivity contribution >= 4 is 16.6 Å². The fourth-order valence-corrected chi connectivity index (χ4v) is 5.63. The number of aliphatic hydroxyl groups is 3. The normalized spacial score (nSPS) is 36.0. The van der Waals surface area contributed by atoms with E-state index in [4.69, 9.17) is 0 Å². The molecular weight excluding hydrogens is 332 g/mol. The first-order valence-corrected chi connectivity index (χ1v) is 9.04. The predicted molar refractivity (Wildman–Crippen MR) is 96.9 cm³/mol. The first kappa shape index (κ1) is 17.5. The number of aromatic hydroxyl groups is 1. The summed E-state index contributed by atoms with van der Waals surface area (Å²) < 4.78 is 0. The van der Waals surface area contributed by atoms with Gasteiger partial charge >= 0.3 is 0 Å². The summed E-state index contributed by atoms with van der Waals surface area (Å²) in [6.07, 6.45) is 0.0297. The summed E-state index contributed by atoms with van der Waals surface area (Å²) in [5.74, 6) is -0.804. The van der Waals surface area contributed by atoms with E-state index in [1.807, 2.05) is 26.0 Å². The molecule has 5 atom stereocenters. The molecule has 26 heavy (non-hydrogen) atoms. The molecule has 4 N–H and O–H groups in total. The maximum absolute atomic E-state index is 12.5. The van der Waals surface area contributed by atoms with E-state index in [0.717, 1.165) is 21.9 Å². The van der Waals surface area contributed by atoms with Crippen molar-refractivity contribution < 1.29 is 25.2 Å². The molecule has 0 radical (unpaired) electrons. The quantitative estimate of drug-likeness (QED) is 0.662. The third kappa shape index (κ3) is 1.99. The van der Waals surface area contributed by atoms with Crippen LogP contribution in [0.4, 0.5) is 0 Å². The van der Waals surface area contributed by atoms with Crippen molar-refractivity contribution in [2.45, 2.75) is 44.3 Å². The van der Waals surface area contributed by atoms with Crippen LogP contribution in [0.15, 0.2) is 30.3 Å². The second-order valence-corrected chi connectivity index (χ2v) is 8.15. The highest BCUT2D eigenvalue weighted by Gasteiger charge is 2.66. The van der Waals surface area contributed by atoms with Gasteiger partial charge in [0.1, 0.15) is 18.0 Å². The van der Waals surface area contributed by atoms with Crippen LogP contribution in [-0.4, -0.2) is 38.4 Å². The molecule has 138 valence electrons. The summed E-state index contributed by atoms with van der Waals surface area (Å²) in [6.45, 7) is 2.98. The van der Waals surface area contributed by atoms with E-state index in [9.17, 15) is 25.2 Å². The van der Waals surface area contributed by atoms with Crippen LogP contribution < -0.4 is 0 Å². The molecule has 1 fully saturated rings.